The first kappa shape index (κ1) is 16.7. The summed E-state index contributed by atoms with van der Waals surface area (Å²) < 4.78 is 28.3. The first-order chi connectivity index (χ1) is 10.2. The summed E-state index contributed by atoms with van der Waals surface area (Å²) >= 11 is 0. The summed E-state index contributed by atoms with van der Waals surface area (Å²) in [6.07, 6.45) is 0.793. The molecule has 1 saturated carbocycles. The molecule has 0 aliphatic heterocycles. The lowest BCUT2D eigenvalue weighted by molar-refractivity contribution is -0.223. The van der Waals surface area contributed by atoms with Crippen molar-refractivity contribution >= 4 is 5.91 Å². The van der Waals surface area contributed by atoms with Crippen LogP contribution in [0.5, 0.6) is 5.75 Å². The second kappa shape index (κ2) is 5.83. The number of carbonyl (C=O) groups is 1. The number of halogens is 2. The minimum absolute atomic E-state index is 0.0497. The lowest BCUT2D eigenvalue weighted by Crippen LogP contribution is -2.61. The normalized spacial score (nSPS) is 18.4. The zero-order valence-electron chi connectivity index (χ0n) is 12.7. The van der Waals surface area contributed by atoms with E-state index in [9.17, 15) is 23.8 Å². The van der Waals surface area contributed by atoms with Crippen molar-refractivity contribution in [3.05, 3.63) is 29.8 Å². The first-order valence-corrected chi connectivity index (χ1v) is 7.33. The van der Waals surface area contributed by atoms with Gasteiger partial charge in [0, 0.05) is 13.1 Å². The largest absolute Gasteiger partial charge is 0.508 e. The van der Waals surface area contributed by atoms with E-state index >= 15 is 0 Å². The first-order valence-electron chi connectivity index (χ1n) is 7.33. The van der Waals surface area contributed by atoms with Gasteiger partial charge >= 0.3 is 5.92 Å². The lowest BCUT2D eigenvalue weighted by atomic mass is 9.75. The molecule has 1 fully saturated rings. The Balaban J connectivity index is 2.04. The van der Waals surface area contributed by atoms with Crippen molar-refractivity contribution in [2.24, 2.45) is 0 Å². The van der Waals surface area contributed by atoms with E-state index in [0.717, 1.165) is 10.5 Å². The van der Waals surface area contributed by atoms with Gasteiger partial charge in [0.25, 0.3) is 5.91 Å². The summed E-state index contributed by atoms with van der Waals surface area (Å²) in [7, 11) is 1.32. The molecule has 1 aromatic rings. The summed E-state index contributed by atoms with van der Waals surface area (Å²) in [6.45, 7) is 1.67. The van der Waals surface area contributed by atoms with E-state index in [1.807, 2.05) is 0 Å². The Morgan fingerprint density at radius 1 is 1.36 bits per heavy atom. The van der Waals surface area contributed by atoms with E-state index in [0.29, 0.717) is 12.8 Å². The molecule has 4 nitrogen and oxygen atoms in total. The maximum absolute atomic E-state index is 14.2. The van der Waals surface area contributed by atoms with Crippen LogP contribution >= 0.6 is 0 Å². The zero-order valence-corrected chi connectivity index (χ0v) is 12.7. The van der Waals surface area contributed by atoms with Gasteiger partial charge in [-0.2, -0.15) is 8.78 Å². The number of benzene rings is 1. The second-order valence-corrected chi connectivity index (χ2v) is 6.10. The molecule has 0 radical (unpaired) electrons. The van der Waals surface area contributed by atoms with Crippen LogP contribution in [-0.4, -0.2) is 45.6 Å². The second-order valence-electron chi connectivity index (χ2n) is 6.10. The topological polar surface area (TPSA) is 60.8 Å². The minimum Gasteiger partial charge on any atom is -0.508 e. The number of hydrogen-bond acceptors (Lipinski definition) is 3. The van der Waals surface area contributed by atoms with Gasteiger partial charge in [-0.25, -0.2) is 0 Å². The standard InChI is InChI=1S/C16H21F2NO3/c1-11(10-12-4-6-13(20)7-5-12)19(2)14(21)16(17,18)15(22)8-3-9-15/h4-7,11,20,22H,3,8-10H2,1-2H3. The molecule has 0 spiro atoms. The summed E-state index contributed by atoms with van der Waals surface area (Å²) in [5.41, 5.74) is -1.37. The van der Waals surface area contributed by atoms with Crippen LogP contribution in [-0.2, 0) is 11.2 Å². The highest BCUT2D eigenvalue weighted by molar-refractivity contribution is 5.85. The Labute approximate surface area is 128 Å². The van der Waals surface area contributed by atoms with Gasteiger partial charge in [-0.05, 0) is 50.3 Å². The zero-order chi connectivity index (χ0) is 16.5. The molecule has 1 aromatic carbocycles. The SMILES string of the molecule is CC(Cc1ccc(O)cc1)N(C)C(=O)C(F)(F)C1(O)CCC1. The Kier molecular flexibility index (Phi) is 4.42. The predicted octanol–water partition coefficient (Wildman–Crippen LogP) is 2.33. The molecule has 0 bridgehead atoms. The fourth-order valence-electron chi connectivity index (χ4n) is 2.56. The Morgan fingerprint density at radius 3 is 2.36 bits per heavy atom. The Hall–Kier alpha value is -1.69. The van der Waals surface area contributed by atoms with Gasteiger partial charge in [0.15, 0.2) is 0 Å². The number of phenolic OH excluding ortho intramolecular Hbond substituents is 1. The average Bonchev–Trinajstić information content (AvgIpc) is 2.45. The van der Waals surface area contributed by atoms with Crippen molar-refractivity contribution in [1.29, 1.82) is 0 Å². The molecule has 0 heterocycles. The number of nitrogens with zero attached hydrogens (tertiary/aromatic N) is 1. The molecule has 1 aliphatic carbocycles. The third-order valence-electron chi connectivity index (χ3n) is 4.48. The highest BCUT2D eigenvalue weighted by Gasteiger charge is 2.62. The number of hydrogen-bond donors (Lipinski definition) is 2. The monoisotopic (exact) mass is 313 g/mol. The summed E-state index contributed by atoms with van der Waals surface area (Å²) in [4.78, 5) is 13.1. The van der Waals surface area contributed by atoms with Gasteiger partial charge in [0.1, 0.15) is 11.4 Å². The fourth-order valence-corrected chi connectivity index (χ4v) is 2.56. The molecule has 1 unspecified atom stereocenters. The molecule has 2 N–H and O–H groups in total. The highest BCUT2D eigenvalue weighted by atomic mass is 19.3. The molecule has 0 aromatic heterocycles. The van der Waals surface area contributed by atoms with Crippen molar-refractivity contribution in [2.75, 3.05) is 7.05 Å². The molecule has 2 rings (SSSR count). The molecule has 1 amide bonds. The molecule has 22 heavy (non-hydrogen) atoms. The van der Waals surface area contributed by atoms with Gasteiger partial charge in [-0.15, -0.1) is 0 Å². The van der Waals surface area contributed by atoms with Gasteiger partial charge in [-0.1, -0.05) is 12.1 Å². The van der Waals surface area contributed by atoms with E-state index in [-0.39, 0.29) is 18.6 Å². The Morgan fingerprint density at radius 2 is 1.91 bits per heavy atom. The van der Waals surface area contributed by atoms with Crippen molar-refractivity contribution < 1.29 is 23.8 Å². The van der Waals surface area contributed by atoms with Crippen LogP contribution in [0.2, 0.25) is 0 Å². The summed E-state index contributed by atoms with van der Waals surface area (Å²) in [5, 5.41) is 19.1. The molecule has 1 atom stereocenters. The summed E-state index contributed by atoms with van der Waals surface area (Å²) in [5.74, 6) is -4.98. The van der Waals surface area contributed by atoms with Gasteiger partial charge in [0.05, 0.1) is 0 Å². The van der Waals surface area contributed by atoms with Crippen LogP contribution in [0.3, 0.4) is 0 Å². The highest BCUT2D eigenvalue weighted by Crippen LogP contribution is 2.45. The van der Waals surface area contributed by atoms with Gasteiger partial charge in [0.2, 0.25) is 0 Å². The van der Waals surface area contributed by atoms with Crippen LogP contribution in [0.15, 0.2) is 24.3 Å². The Bertz CT molecular complexity index is 541. The number of aliphatic hydroxyl groups is 1. The third kappa shape index (κ3) is 2.92. The molecule has 0 saturated heterocycles. The number of likely N-dealkylation sites (N-methyl/N-ethyl adjacent to an activating group) is 1. The van der Waals surface area contributed by atoms with E-state index in [1.165, 1.54) is 19.2 Å². The molecular weight excluding hydrogens is 292 g/mol. The lowest BCUT2D eigenvalue weighted by Gasteiger charge is -2.43. The average molecular weight is 313 g/mol. The smallest absolute Gasteiger partial charge is 0.352 e. The number of alkyl halides is 2. The van der Waals surface area contributed by atoms with Gasteiger partial charge < -0.3 is 15.1 Å². The van der Waals surface area contributed by atoms with Crippen molar-refractivity contribution in [3.8, 4) is 5.75 Å². The van der Waals surface area contributed by atoms with E-state index in [2.05, 4.69) is 0 Å². The maximum atomic E-state index is 14.2. The number of phenols is 1. The maximum Gasteiger partial charge on any atom is 0.352 e. The van der Waals surface area contributed by atoms with Crippen LogP contribution in [0.4, 0.5) is 8.78 Å². The third-order valence-corrected chi connectivity index (χ3v) is 4.48. The number of amides is 1. The fraction of sp³-hybridized carbons (Fsp3) is 0.562. The van der Waals surface area contributed by atoms with E-state index in [1.54, 1.807) is 19.1 Å². The van der Waals surface area contributed by atoms with Crippen LogP contribution in [0, 0.1) is 0 Å². The summed E-state index contributed by atoms with van der Waals surface area (Å²) in [6, 6.07) is 5.93. The van der Waals surface area contributed by atoms with Crippen molar-refractivity contribution in [1.82, 2.24) is 4.90 Å². The van der Waals surface area contributed by atoms with E-state index in [4.69, 9.17) is 0 Å². The molecular formula is C16H21F2NO3. The number of carbonyl (C=O) groups excluding carboxylic acids is 1. The minimum atomic E-state index is -3.76. The van der Waals surface area contributed by atoms with E-state index < -0.39 is 23.5 Å². The predicted molar refractivity (Wildman–Crippen MR) is 77.8 cm³/mol. The van der Waals surface area contributed by atoms with Crippen LogP contribution in [0.25, 0.3) is 0 Å². The van der Waals surface area contributed by atoms with Crippen LogP contribution < -0.4 is 0 Å². The van der Waals surface area contributed by atoms with Crippen molar-refractivity contribution in [2.45, 2.75) is 50.2 Å². The molecule has 6 heteroatoms. The van der Waals surface area contributed by atoms with Crippen molar-refractivity contribution in [3.63, 3.8) is 0 Å². The molecule has 1 aliphatic rings. The molecule has 122 valence electrons. The quantitative estimate of drug-likeness (QED) is 0.877. The number of rotatable bonds is 5. The van der Waals surface area contributed by atoms with Crippen LogP contribution in [0.1, 0.15) is 31.7 Å². The van der Waals surface area contributed by atoms with Gasteiger partial charge in [-0.3, -0.25) is 4.79 Å². The number of aromatic hydroxyl groups is 1.